The van der Waals surface area contributed by atoms with Crippen molar-refractivity contribution in [3.8, 4) is 0 Å². The van der Waals surface area contributed by atoms with Crippen LogP contribution in [0.5, 0.6) is 0 Å². The number of hydrogen-bond donors (Lipinski definition) is 2. The number of nitrogens with one attached hydrogen (secondary N) is 1. The number of rotatable bonds is 2. The fourth-order valence-electron chi connectivity index (χ4n) is 1.42. The number of nitrogens with zero attached hydrogens (tertiary/aromatic N) is 1. The van der Waals surface area contributed by atoms with Crippen LogP contribution in [-0.4, -0.2) is 16.5 Å². The smallest absolute Gasteiger partial charge is 0.213 e. The van der Waals surface area contributed by atoms with E-state index in [0.29, 0.717) is 6.54 Å². The Morgan fingerprint density at radius 1 is 1.54 bits per heavy atom. The van der Waals surface area contributed by atoms with E-state index in [4.69, 9.17) is 5.73 Å². The molecule has 0 aliphatic rings. The van der Waals surface area contributed by atoms with Gasteiger partial charge in [0.15, 0.2) is 0 Å². The van der Waals surface area contributed by atoms with Gasteiger partial charge < -0.3 is 10.7 Å². The second kappa shape index (κ2) is 3.14. The molecule has 3 nitrogen and oxygen atoms in total. The summed E-state index contributed by atoms with van der Waals surface area (Å²) in [7, 11) is 0. The molecule has 0 unspecified atom stereocenters. The van der Waals surface area contributed by atoms with E-state index in [9.17, 15) is 4.39 Å². The van der Waals surface area contributed by atoms with Crippen molar-refractivity contribution >= 4 is 10.9 Å². The van der Waals surface area contributed by atoms with Crippen LogP contribution in [0.1, 0.15) is 5.56 Å². The second-order valence-electron chi connectivity index (χ2n) is 2.91. The van der Waals surface area contributed by atoms with Gasteiger partial charge >= 0.3 is 0 Å². The fourth-order valence-corrected chi connectivity index (χ4v) is 1.42. The molecule has 0 saturated carbocycles. The third-order valence-corrected chi connectivity index (χ3v) is 2.03. The summed E-state index contributed by atoms with van der Waals surface area (Å²) < 4.78 is 12.8. The molecular formula is C9H10FN3. The van der Waals surface area contributed by atoms with Crippen LogP contribution in [0, 0.1) is 5.95 Å². The molecule has 2 aromatic rings. The molecule has 4 heteroatoms. The van der Waals surface area contributed by atoms with Crippen molar-refractivity contribution < 1.29 is 4.39 Å². The van der Waals surface area contributed by atoms with Gasteiger partial charge in [-0.2, -0.15) is 4.39 Å². The van der Waals surface area contributed by atoms with E-state index < -0.39 is 5.95 Å². The van der Waals surface area contributed by atoms with E-state index in [1.54, 1.807) is 0 Å². The third kappa shape index (κ3) is 1.40. The molecule has 0 radical (unpaired) electrons. The summed E-state index contributed by atoms with van der Waals surface area (Å²) in [5.41, 5.74) is 7.32. The number of hydrogen-bond acceptors (Lipinski definition) is 2. The Balaban J connectivity index is 2.58. The summed E-state index contributed by atoms with van der Waals surface area (Å²) in [6, 6.07) is 1.43. The highest BCUT2D eigenvalue weighted by molar-refractivity contribution is 5.82. The van der Waals surface area contributed by atoms with E-state index in [0.717, 1.165) is 22.9 Å². The average Bonchev–Trinajstić information content (AvgIpc) is 2.49. The number of fused-ring (bicyclic) bond motifs is 1. The van der Waals surface area contributed by atoms with E-state index >= 15 is 0 Å². The highest BCUT2D eigenvalue weighted by Gasteiger charge is 2.03. The van der Waals surface area contributed by atoms with Crippen molar-refractivity contribution in [3.63, 3.8) is 0 Å². The third-order valence-electron chi connectivity index (χ3n) is 2.03. The molecule has 0 spiro atoms. The lowest BCUT2D eigenvalue weighted by molar-refractivity contribution is 0.586. The SMILES string of the molecule is NCCc1c[nH]c2cnc(F)cc12. The average molecular weight is 179 g/mol. The van der Waals surface area contributed by atoms with E-state index in [1.165, 1.54) is 12.3 Å². The molecule has 2 aromatic heterocycles. The van der Waals surface area contributed by atoms with E-state index in [2.05, 4.69) is 9.97 Å². The van der Waals surface area contributed by atoms with Crippen LogP contribution in [0.4, 0.5) is 4.39 Å². The first kappa shape index (κ1) is 8.19. The molecule has 0 aromatic carbocycles. The summed E-state index contributed by atoms with van der Waals surface area (Å²) in [5.74, 6) is -0.453. The number of halogens is 1. The highest BCUT2D eigenvalue weighted by Crippen LogP contribution is 2.17. The minimum Gasteiger partial charge on any atom is -0.360 e. The quantitative estimate of drug-likeness (QED) is 0.680. The maximum atomic E-state index is 12.8. The monoisotopic (exact) mass is 179 g/mol. The van der Waals surface area contributed by atoms with Gasteiger partial charge in [-0.05, 0) is 18.5 Å². The molecule has 0 aliphatic carbocycles. The maximum absolute atomic E-state index is 12.8. The number of H-pyrrole nitrogens is 1. The van der Waals surface area contributed by atoms with Gasteiger partial charge in [-0.15, -0.1) is 0 Å². The van der Waals surface area contributed by atoms with Crippen LogP contribution in [-0.2, 0) is 6.42 Å². The molecule has 68 valence electrons. The van der Waals surface area contributed by atoms with Crippen LogP contribution >= 0.6 is 0 Å². The molecule has 0 atom stereocenters. The van der Waals surface area contributed by atoms with Gasteiger partial charge in [-0.25, -0.2) is 4.98 Å². The Kier molecular flexibility index (Phi) is 1.98. The van der Waals surface area contributed by atoms with Crippen molar-refractivity contribution in [1.82, 2.24) is 9.97 Å². The number of pyridine rings is 1. The molecule has 2 rings (SSSR count). The van der Waals surface area contributed by atoms with Gasteiger partial charge in [0.2, 0.25) is 5.95 Å². The van der Waals surface area contributed by atoms with Crippen molar-refractivity contribution in [1.29, 1.82) is 0 Å². The van der Waals surface area contributed by atoms with Crippen molar-refractivity contribution in [2.24, 2.45) is 5.73 Å². The first-order valence-corrected chi connectivity index (χ1v) is 4.13. The first-order chi connectivity index (χ1) is 6.31. The molecule has 0 amide bonds. The minimum atomic E-state index is -0.453. The lowest BCUT2D eigenvalue weighted by Gasteiger charge is -1.94. The standard InChI is InChI=1S/C9H10FN3/c10-9-3-7-6(1-2-11)4-12-8(7)5-13-9/h3-5,12H,1-2,11H2. The summed E-state index contributed by atoms with van der Waals surface area (Å²) in [6.07, 6.45) is 4.09. The summed E-state index contributed by atoms with van der Waals surface area (Å²) in [4.78, 5) is 6.57. The second-order valence-corrected chi connectivity index (χ2v) is 2.91. The normalized spacial score (nSPS) is 10.9. The van der Waals surface area contributed by atoms with Gasteiger partial charge in [0.05, 0.1) is 11.7 Å². The Hall–Kier alpha value is -1.42. The summed E-state index contributed by atoms with van der Waals surface area (Å²) in [6.45, 7) is 0.566. The van der Waals surface area contributed by atoms with Crippen LogP contribution in [0.3, 0.4) is 0 Å². The van der Waals surface area contributed by atoms with Crippen LogP contribution in [0.25, 0.3) is 10.9 Å². The van der Waals surface area contributed by atoms with Crippen molar-refractivity contribution in [2.75, 3.05) is 6.54 Å². The number of aromatic nitrogens is 2. The van der Waals surface area contributed by atoms with Crippen molar-refractivity contribution in [3.05, 3.63) is 30.0 Å². The Morgan fingerprint density at radius 3 is 3.15 bits per heavy atom. The lowest BCUT2D eigenvalue weighted by atomic mass is 10.1. The molecule has 0 saturated heterocycles. The Labute approximate surface area is 74.8 Å². The zero-order valence-corrected chi connectivity index (χ0v) is 7.05. The van der Waals surface area contributed by atoms with Crippen LogP contribution < -0.4 is 5.73 Å². The largest absolute Gasteiger partial charge is 0.360 e. The van der Waals surface area contributed by atoms with Crippen molar-refractivity contribution in [2.45, 2.75) is 6.42 Å². The molecule has 2 heterocycles. The predicted molar refractivity (Wildman–Crippen MR) is 48.8 cm³/mol. The zero-order chi connectivity index (χ0) is 9.26. The van der Waals surface area contributed by atoms with Gasteiger partial charge in [-0.3, -0.25) is 0 Å². The highest BCUT2D eigenvalue weighted by atomic mass is 19.1. The topological polar surface area (TPSA) is 54.7 Å². The maximum Gasteiger partial charge on any atom is 0.213 e. The Morgan fingerprint density at radius 2 is 2.38 bits per heavy atom. The predicted octanol–water partition coefficient (Wildman–Crippen LogP) is 1.20. The summed E-state index contributed by atoms with van der Waals surface area (Å²) >= 11 is 0. The van der Waals surface area contributed by atoms with Gasteiger partial charge in [0, 0.05) is 17.6 Å². The van der Waals surface area contributed by atoms with Crippen LogP contribution in [0.2, 0.25) is 0 Å². The van der Waals surface area contributed by atoms with E-state index in [1.807, 2.05) is 6.20 Å². The molecular weight excluding hydrogens is 169 g/mol. The minimum absolute atomic E-state index is 0.453. The van der Waals surface area contributed by atoms with Gasteiger partial charge in [-0.1, -0.05) is 0 Å². The summed E-state index contributed by atoms with van der Waals surface area (Å²) in [5, 5.41) is 0.873. The molecule has 0 fully saturated rings. The molecule has 3 N–H and O–H groups in total. The van der Waals surface area contributed by atoms with Gasteiger partial charge in [0.25, 0.3) is 0 Å². The number of nitrogens with two attached hydrogens (primary N) is 1. The lowest BCUT2D eigenvalue weighted by Crippen LogP contribution is -2.01. The Bertz CT molecular complexity index is 422. The molecule has 0 aliphatic heterocycles. The van der Waals surface area contributed by atoms with Crippen LogP contribution in [0.15, 0.2) is 18.5 Å². The fraction of sp³-hybridized carbons (Fsp3) is 0.222. The molecule has 0 bridgehead atoms. The number of aromatic amines is 1. The zero-order valence-electron chi connectivity index (χ0n) is 7.05. The van der Waals surface area contributed by atoms with Gasteiger partial charge in [0.1, 0.15) is 0 Å². The first-order valence-electron chi connectivity index (χ1n) is 4.13. The van der Waals surface area contributed by atoms with E-state index in [-0.39, 0.29) is 0 Å². The molecule has 13 heavy (non-hydrogen) atoms.